The normalized spacial score (nSPS) is 10.5. The van der Waals surface area contributed by atoms with Crippen molar-refractivity contribution in [1.82, 2.24) is 4.98 Å². The first-order valence-corrected chi connectivity index (χ1v) is 8.15. The van der Waals surface area contributed by atoms with E-state index < -0.39 is 0 Å². The number of nitrogens with zero attached hydrogens (tertiary/aromatic N) is 1. The lowest BCUT2D eigenvalue weighted by Gasteiger charge is -2.09. The first-order valence-electron chi connectivity index (χ1n) is 7.27. The third kappa shape index (κ3) is 3.28. The van der Waals surface area contributed by atoms with Gasteiger partial charge in [0, 0.05) is 10.9 Å². The zero-order chi connectivity index (χ0) is 15.4. The predicted octanol–water partition coefficient (Wildman–Crippen LogP) is 5.26. The van der Waals surface area contributed by atoms with Crippen LogP contribution in [0.1, 0.15) is 12.5 Å². The van der Waals surface area contributed by atoms with Crippen molar-refractivity contribution >= 4 is 22.2 Å². The highest BCUT2D eigenvalue weighted by Crippen LogP contribution is 2.31. The number of ether oxygens (including phenoxy) is 1. The molecule has 0 spiro atoms. The van der Waals surface area contributed by atoms with E-state index in [2.05, 4.69) is 46.9 Å². The van der Waals surface area contributed by atoms with Crippen molar-refractivity contribution < 1.29 is 4.74 Å². The number of anilines is 2. The number of rotatable bonds is 5. The van der Waals surface area contributed by atoms with Gasteiger partial charge in [-0.1, -0.05) is 42.0 Å². The van der Waals surface area contributed by atoms with Gasteiger partial charge in [-0.25, -0.2) is 4.98 Å². The monoisotopic (exact) mass is 310 g/mol. The minimum atomic E-state index is 0.644. The minimum Gasteiger partial charge on any atom is -0.492 e. The van der Waals surface area contributed by atoms with E-state index in [0.717, 1.165) is 27.8 Å². The average Bonchev–Trinajstić information content (AvgIpc) is 2.99. The molecule has 1 aromatic heterocycles. The van der Waals surface area contributed by atoms with Crippen LogP contribution >= 0.6 is 11.3 Å². The number of aromatic nitrogens is 1. The molecule has 112 valence electrons. The second-order valence-corrected chi connectivity index (χ2v) is 5.82. The predicted molar refractivity (Wildman–Crippen MR) is 93.2 cm³/mol. The van der Waals surface area contributed by atoms with E-state index >= 15 is 0 Å². The Hall–Kier alpha value is -2.33. The molecule has 0 unspecified atom stereocenters. The molecule has 3 nitrogen and oxygen atoms in total. The molecule has 2 aromatic carbocycles. The highest BCUT2D eigenvalue weighted by atomic mass is 32.1. The third-order valence-electron chi connectivity index (χ3n) is 3.28. The highest BCUT2D eigenvalue weighted by molar-refractivity contribution is 7.14. The van der Waals surface area contributed by atoms with Gasteiger partial charge in [-0.3, -0.25) is 0 Å². The number of hydrogen-bond donors (Lipinski definition) is 1. The molecule has 0 radical (unpaired) electrons. The largest absolute Gasteiger partial charge is 0.492 e. The van der Waals surface area contributed by atoms with Crippen LogP contribution in [0.2, 0.25) is 0 Å². The summed E-state index contributed by atoms with van der Waals surface area (Å²) in [5.41, 5.74) is 4.31. The molecular formula is C18H18N2OS. The van der Waals surface area contributed by atoms with E-state index in [1.165, 1.54) is 5.56 Å². The van der Waals surface area contributed by atoms with Gasteiger partial charge in [-0.15, -0.1) is 11.3 Å². The summed E-state index contributed by atoms with van der Waals surface area (Å²) in [4.78, 5) is 4.66. The van der Waals surface area contributed by atoms with Crippen LogP contribution in [0.15, 0.2) is 53.9 Å². The third-order valence-corrected chi connectivity index (χ3v) is 4.04. The maximum absolute atomic E-state index is 5.63. The molecule has 0 aliphatic carbocycles. The number of thiazole rings is 1. The van der Waals surface area contributed by atoms with Crippen LogP contribution in [0.25, 0.3) is 11.3 Å². The standard InChI is InChI=1S/C18H18N2OS/c1-3-21-17-7-5-4-6-15(17)19-18-20-16(12-22-18)14-10-8-13(2)9-11-14/h4-12H,3H2,1-2H3,(H,19,20). The molecule has 0 saturated carbocycles. The summed E-state index contributed by atoms with van der Waals surface area (Å²) >= 11 is 1.59. The van der Waals surface area contributed by atoms with E-state index in [0.29, 0.717) is 6.61 Å². The number of nitrogens with one attached hydrogen (secondary N) is 1. The van der Waals surface area contributed by atoms with E-state index in [1.807, 2.05) is 31.2 Å². The average molecular weight is 310 g/mol. The summed E-state index contributed by atoms with van der Waals surface area (Å²) in [6.07, 6.45) is 0. The molecule has 0 bridgehead atoms. The SMILES string of the molecule is CCOc1ccccc1Nc1nc(-c2ccc(C)cc2)cs1. The van der Waals surface area contributed by atoms with Crippen molar-refractivity contribution in [2.24, 2.45) is 0 Å². The fourth-order valence-electron chi connectivity index (χ4n) is 2.15. The van der Waals surface area contributed by atoms with Crippen LogP contribution in [0.3, 0.4) is 0 Å². The van der Waals surface area contributed by atoms with Gasteiger partial charge in [0.25, 0.3) is 0 Å². The number of hydrogen-bond acceptors (Lipinski definition) is 4. The van der Waals surface area contributed by atoms with Crippen LogP contribution in [-0.4, -0.2) is 11.6 Å². The summed E-state index contributed by atoms with van der Waals surface area (Å²) in [5, 5.41) is 6.27. The topological polar surface area (TPSA) is 34.1 Å². The van der Waals surface area contributed by atoms with E-state index in [-0.39, 0.29) is 0 Å². The molecule has 1 N–H and O–H groups in total. The molecule has 0 aliphatic heterocycles. The Labute approximate surface area is 134 Å². The lowest BCUT2D eigenvalue weighted by Crippen LogP contribution is -1.97. The second-order valence-electron chi connectivity index (χ2n) is 4.96. The molecule has 0 saturated heterocycles. The Morgan fingerprint density at radius 1 is 1.09 bits per heavy atom. The fourth-order valence-corrected chi connectivity index (χ4v) is 2.89. The zero-order valence-electron chi connectivity index (χ0n) is 12.7. The van der Waals surface area contributed by atoms with Crippen molar-refractivity contribution in [2.45, 2.75) is 13.8 Å². The molecule has 0 amide bonds. The summed E-state index contributed by atoms with van der Waals surface area (Å²) in [6.45, 7) is 4.71. The van der Waals surface area contributed by atoms with Crippen molar-refractivity contribution in [2.75, 3.05) is 11.9 Å². The fraction of sp³-hybridized carbons (Fsp3) is 0.167. The molecule has 1 heterocycles. The highest BCUT2D eigenvalue weighted by Gasteiger charge is 2.07. The first kappa shape index (κ1) is 14.6. The van der Waals surface area contributed by atoms with Crippen molar-refractivity contribution in [3.8, 4) is 17.0 Å². The minimum absolute atomic E-state index is 0.644. The van der Waals surface area contributed by atoms with Crippen LogP contribution in [0.4, 0.5) is 10.8 Å². The summed E-state index contributed by atoms with van der Waals surface area (Å²) < 4.78 is 5.63. The Balaban J connectivity index is 1.81. The molecule has 3 aromatic rings. The molecule has 4 heteroatoms. The van der Waals surface area contributed by atoms with Crippen LogP contribution < -0.4 is 10.1 Å². The van der Waals surface area contributed by atoms with Crippen molar-refractivity contribution in [3.05, 3.63) is 59.5 Å². The number of aryl methyl sites for hydroxylation is 1. The summed E-state index contributed by atoms with van der Waals surface area (Å²) in [7, 11) is 0. The van der Waals surface area contributed by atoms with Gasteiger partial charge in [0.05, 0.1) is 18.0 Å². The molecule has 0 aliphatic rings. The molecule has 0 fully saturated rings. The van der Waals surface area contributed by atoms with Gasteiger partial charge in [0.15, 0.2) is 5.13 Å². The molecule has 3 rings (SSSR count). The van der Waals surface area contributed by atoms with Crippen molar-refractivity contribution in [1.29, 1.82) is 0 Å². The lowest BCUT2D eigenvalue weighted by molar-refractivity contribution is 0.342. The Morgan fingerprint density at radius 3 is 2.64 bits per heavy atom. The van der Waals surface area contributed by atoms with Crippen molar-refractivity contribution in [3.63, 3.8) is 0 Å². The van der Waals surface area contributed by atoms with Gasteiger partial charge in [-0.2, -0.15) is 0 Å². The Bertz CT molecular complexity index is 750. The Morgan fingerprint density at radius 2 is 1.86 bits per heavy atom. The smallest absolute Gasteiger partial charge is 0.187 e. The maximum atomic E-state index is 5.63. The summed E-state index contributed by atoms with van der Waals surface area (Å²) in [5.74, 6) is 0.845. The Kier molecular flexibility index (Phi) is 4.39. The van der Waals surface area contributed by atoms with E-state index in [9.17, 15) is 0 Å². The van der Waals surface area contributed by atoms with E-state index in [4.69, 9.17) is 4.74 Å². The van der Waals surface area contributed by atoms with Gasteiger partial charge in [-0.05, 0) is 26.0 Å². The van der Waals surface area contributed by atoms with Crippen LogP contribution in [-0.2, 0) is 0 Å². The van der Waals surface area contributed by atoms with E-state index in [1.54, 1.807) is 11.3 Å². The van der Waals surface area contributed by atoms with Crippen LogP contribution in [0.5, 0.6) is 5.75 Å². The maximum Gasteiger partial charge on any atom is 0.187 e. The lowest BCUT2D eigenvalue weighted by atomic mass is 10.1. The van der Waals surface area contributed by atoms with Gasteiger partial charge in [0.2, 0.25) is 0 Å². The quantitative estimate of drug-likeness (QED) is 0.698. The first-order chi connectivity index (χ1) is 10.8. The van der Waals surface area contributed by atoms with Crippen LogP contribution in [0, 0.1) is 6.92 Å². The second kappa shape index (κ2) is 6.62. The molecular weight excluding hydrogens is 292 g/mol. The zero-order valence-corrected chi connectivity index (χ0v) is 13.5. The van der Waals surface area contributed by atoms with Gasteiger partial charge in [0.1, 0.15) is 5.75 Å². The van der Waals surface area contributed by atoms with Gasteiger partial charge < -0.3 is 10.1 Å². The summed E-state index contributed by atoms with van der Waals surface area (Å²) in [6, 6.07) is 16.3. The van der Waals surface area contributed by atoms with Gasteiger partial charge >= 0.3 is 0 Å². The molecule has 0 atom stereocenters. The number of para-hydroxylation sites is 2. The number of benzene rings is 2. The molecule has 22 heavy (non-hydrogen) atoms.